The largest absolute Gasteiger partial charge is 0.339 e. The van der Waals surface area contributed by atoms with Gasteiger partial charge in [0.25, 0.3) is 10.0 Å². The van der Waals surface area contributed by atoms with Crippen molar-refractivity contribution >= 4 is 33.4 Å². The van der Waals surface area contributed by atoms with Crippen LogP contribution in [0, 0.1) is 5.92 Å². The zero-order chi connectivity index (χ0) is 19.6. The molecule has 1 heterocycles. The molecule has 2 aliphatic rings. The Morgan fingerprint density at radius 1 is 1.11 bits per heavy atom. The van der Waals surface area contributed by atoms with E-state index in [2.05, 4.69) is 5.32 Å². The van der Waals surface area contributed by atoms with E-state index in [0.29, 0.717) is 12.2 Å². The fourth-order valence-corrected chi connectivity index (χ4v) is 4.68. The fourth-order valence-electron chi connectivity index (χ4n) is 3.69. The minimum atomic E-state index is -3.91. The zero-order valence-electron chi connectivity index (χ0n) is 15.1. The average molecular weight is 393 g/mol. The normalized spacial score (nSPS) is 20.7. The standard InChI is InChI=1S/C18H23N3O5S/c1-12(22)20-27(25,26)16-8-6-14(7-9-16)19-18(24)13-10-17(23)21(11-13)15-4-2-3-5-15/h6-9,13,15H,2-5,10-11H2,1H3,(H,19,24)(H,20,22)/t13-/m1/s1. The molecule has 1 aliphatic carbocycles. The van der Waals surface area contributed by atoms with Gasteiger partial charge in [0.05, 0.1) is 10.8 Å². The molecule has 0 radical (unpaired) electrons. The molecule has 2 fully saturated rings. The Balaban J connectivity index is 1.61. The van der Waals surface area contributed by atoms with Crippen LogP contribution in [0.3, 0.4) is 0 Å². The first-order chi connectivity index (χ1) is 12.8. The Hall–Kier alpha value is -2.42. The van der Waals surface area contributed by atoms with Gasteiger partial charge in [0.15, 0.2) is 0 Å². The van der Waals surface area contributed by atoms with Crippen molar-refractivity contribution in [2.24, 2.45) is 5.92 Å². The Labute approximate surface area is 158 Å². The molecule has 1 aromatic carbocycles. The highest BCUT2D eigenvalue weighted by Gasteiger charge is 2.38. The second-order valence-electron chi connectivity index (χ2n) is 7.06. The van der Waals surface area contributed by atoms with E-state index in [1.165, 1.54) is 24.3 Å². The van der Waals surface area contributed by atoms with E-state index in [1.807, 2.05) is 9.62 Å². The van der Waals surface area contributed by atoms with E-state index in [4.69, 9.17) is 0 Å². The highest BCUT2D eigenvalue weighted by Crippen LogP contribution is 2.30. The third kappa shape index (κ3) is 4.47. The Kier molecular flexibility index (Phi) is 5.50. The smallest absolute Gasteiger partial charge is 0.264 e. The molecular formula is C18H23N3O5S. The number of nitrogens with one attached hydrogen (secondary N) is 2. The quantitative estimate of drug-likeness (QED) is 0.782. The van der Waals surface area contributed by atoms with Gasteiger partial charge >= 0.3 is 0 Å². The van der Waals surface area contributed by atoms with Crippen LogP contribution in [0.4, 0.5) is 5.69 Å². The molecule has 146 valence electrons. The summed E-state index contributed by atoms with van der Waals surface area (Å²) in [6, 6.07) is 5.79. The summed E-state index contributed by atoms with van der Waals surface area (Å²) in [5.74, 6) is -1.30. The summed E-state index contributed by atoms with van der Waals surface area (Å²) in [7, 11) is -3.91. The number of hydrogen-bond donors (Lipinski definition) is 2. The maximum atomic E-state index is 12.5. The van der Waals surface area contributed by atoms with E-state index in [0.717, 1.165) is 32.6 Å². The van der Waals surface area contributed by atoms with Gasteiger partial charge in [0, 0.05) is 31.6 Å². The van der Waals surface area contributed by atoms with Crippen LogP contribution in [0.15, 0.2) is 29.2 Å². The van der Waals surface area contributed by atoms with Gasteiger partial charge in [0.2, 0.25) is 17.7 Å². The third-order valence-corrected chi connectivity index (χ3v) is 6.45. The maximum absolute atomic E-state index is 12.5. The molecule has 0 bridgehead atoms. The first-order valence-corrected chi connectivity index (χ1v) is 10.5. The van der Waals surface area contributed by atoms with Crippen molar-refractivity contribution in [3.63, 3.8) is 0 Å². The molecule has 0 aromatic heterocycles. The lowest BCUT2D eigenvalue weighted by molar-refractivity contribution is -0.130. The number of nitrogens with zero attached hydrogens (tertiary/aromatic N) is 1. The molecule has 8 nitrogen and oxygen atoms in total. The lowest BCUT2D eigenvalue weighted by Crippen LogP contribution is -2.35. The molecule has 0 unspecified atom stereocenters. The van der Waals surface area contributed by atoms with E-state index >= 15 is 0 Å². The van der Waals surface area contributed by atoms with E-state index < -0.39 is 21.8 Å². The van der Waals surface area contributed by atoms with Crippen LogP contribution in [-0.2, 0) is 24.4 Å². The van der Waals surface area contributed by atoms with Crippen molar-refractivity contribution in [3.05, 3.63) is 24.3 Å². The number of sulfonamides is 1. The summed E-state index contributed by atoms with van der Waals surface area (Å²) < 4.78 is 25.7. The number of carbonyl (C=O) groups excluding carboxylic acids is 3. The summed E-state index contributed by atoms with van der Waals surface area (Å²) in [6.45, 7) is 1.55. The van der Waals surface area contributed by atoms with Gasteiger partial charge in [-0.3, -0.25) is 14.4 Å². The van der Waals surface area contributed by atoms with Gasteiger partial charge in [-0.05, 0) is 37.1 Å². The summed E-state index contributed by atoms with van der Waals surface area (Å²) in [4.78, 5) is 37.4. The lowest BCUT2D eigenvalue weighted by atomic mass is 10.1. The lowest BCUT2D eigenvalue weighted by Gasteiger charge is -2.23. The number of anilines is 1. The van der Waals surface area contributed by atoms with Crippen LogP contribution in [0.25, 0.3) is 0 Å². The first-order valence-electron chi connectivity index (χ1n) is 9.00. The van der Waals surface area contributed by atoms with Crippen LogP contribution < -0.4 is 10.0 Å². The number of carbonyl (C=O) groups is 3. The number of rotatable bonds is 5. The summed E-state index contributed by atoms with van der Waals surface area (Å²) in [5.41, 5.74) is 0.438. The molecular weight excluding hydrogens is 370 g/mol. The second kappa shape index (κ2) is 7.67. The van der Waals surface area contributed by atoms with Crippen LogP contribution in [0.2, 0.25) is 0 Å². The predicted molar refractivity (Wildman–Crippen MR) is 98.2 cm³/mol. The van der Waals surface area contributed by atoms with Gasteiger partial charge in [-0.15, -0.1) is 0 Å². The Morgan fingerprint density at radius 2 is 1.74 bits per heavy atom. The molecule has 1 saturated carbocycles. The SMILES string of the molecule is CC(=O)NS(=O)(=O)c1ccc(NC(=O)[C@@H]2CC(=O)N(C3CCCC3)C2)cc1. The molecule has 2 N–H and O–H groups in total. The van der Waals surface area contributed by atoms with Crippen molar-refractivity contribution in [1.82, 2.24) is 9.62 Å². The minimum Gasteiger partial charge on any atom is -0.339 e. The molecule has 27 heavy (non-hydrogen) atoms. The molecule has 3 amide bonds. The minimum absolute atomic E-state index is 0.0267. The summed E-state index contributed by atoms with van der Waals surface area (Å²) in [6.07, 6.45) is 4.46. The highest BCUT2D eigenvalue weighted by molar-refractivity contribution is 7.90. The van der Waals surface area contributed by atoms with Crippen LogP contribution in [0.1, 0.15) is 39.0 Å². The first kappa shape index (κ1) is 19.3. The molecule has 3 rings (SSSR count). The number of amides is 3. The molecule has 1 atom stereocenters. The Bertz CT molecular complexity index is 844. The average Bonchev–Trinajstić information content (AvgIpc) is 3.23. The van der Waals surface area contributed by atoms with Crippen LogP contribution >= 0.6 is 0 Å². The van der Waals surface area contributed by atoms with Crippen molar-refractivity contribution in [3.8, 4) is 0 Å². The zero-order valence-corrected chi connectivity index (χ0v) is 15.9. The van der Waals surface area contributed by atoms with Crippen molar-refractivity contribution < 1.29 is 22.8 Å². The van der Waals surface area contributed by atoms with Crippen molar-refractivity contribution in [2.45, 2.75) is 50.0 Å². The van der Waals surface area contributed by atoms with Gasteiger partial charge in [0.1, 0.15) is 0 Å². The van der Waals surface area contributed by atoms with Crippen molar-refractivity contribution in [2.75, 3.05) is 11.9 Å². The van der Waals surface area contributed by atoms with Gasteiger partial charge in [-0.2, -0.15) is 0 Å². The highest BCUT2D eigenvalue weighted by atomic mass is 32.2. The third-order valence-electron chi connectivity index (χ3n) is 5.00. The number of hydrogen-bond acceptors (Lipinski definition) is 5. The van der Waals surface area contributed by atoms with Crippen LogP contribution in [0.5, 0.6) is 0 Å². The van der Waals surface area contributed by atoms with Gasteiger partial charge in [-0.25, -0.2) is 13.1 Å². The predicted octanol–water partition coefficient (Wildman–Crippen LogP) is 1.24. The van der Waals surface area contributed by atoms with Gasteiger partial charge < -0.3 is 10.2 Å². The summed E-state index contributed by atoms with van der Waals surface area (Å²) in [5, 5.41) is 2.73. The molecule has 9 heteroatoms. The Morgan fingerprint density at radius 3 is 2.33 bits per heavy atom. The molecule has 1 aliphatic heterocycles. The van der Waals surface area contributed by atoms with Crippen molar-refractivity contribution in [1.29, 1.82) is 0 Å². The number of likely N-dealkylation sites (tertiary alicyclic amines) is 1. The number of benzene rings is 1. The molecule has 1 aromatic rings. The van der Waals surface area contributed by atoms with E-state index in [1.54, 1.807) is 0 Å². The molecule has 0 spiro atoms. The summed E-state index contributed by atoms with van der Waals surface area (Å²) >= 11 is 0. The monoisotopic (exact) mass is 393 g/mol. The van der Waals surface area contributed by atoms with Crippen LogP contribution in [-0.4, -0.2) is 43.6 Å². The topological polar surface area (TPSA) is 113 Å². The van der Waals surface area contributed by atoms with E-state index in [-0.39, 0.29) is 29.2 Å². The second-order valence-corrected chi connectivity index (χ2v) is 8.74. The molecule has 1 saturated heterocycles. The van der Waals surface area contributed by atoms with E-state index in [9.17, 15) is 22.8 Å². The van der Waals surface area contributed by atoms with Gasteiger partial charge in [-0.1, -0.05) is 12.8 Å². The fraction of sp³-hybridized carbons (Fsp3) is 0.500. The maximum Gasteiger partial charge on any atom is 0.264 e.